The fourth-order valence-electron chi connectivity index (χ4n) is 2.04. The summed E-state index contributed by atoms with van der Waals surface area (Å²) in [5.41, 5.74) is 2.90. The first-order valence-corrected chi connectivity index (χ1v) is 6.02. The zero-order valence-corrected chi connectivity index (χ0v) is 11.2. The molecular formula is C16H16O3. The molecule has 0 aromatic heterocycles. The third-order valence-corrected chi connectivity index (χ3v) is 3.08. The van der Waals surface area contributed by atoms with Gasteiger partial charge in [-0.2, -0.15) is 0 Å². The predicted molar refractivity (Wildman–Crippen MR) is 74.0 cm³/mol. The summed E-state index contributed by atoms with van der Waals surface area (Å²) >= 11 is 0. The normalized spacial score (nSPS) is 10.3. The molecule has 2 rings (SSSR count). The van der Waals surface area contributed by atoms with Crippen LogP contribution in [0.15, 0.2) is 36.4 Å². The van der Waals surface area contributed by atoms with E-state index >= 15 is 0 Å². The quantitative estimate of drug-likeness (QED) is 0.857. The Kier molecular flexibility index (Phi) is 3.56. The monoisotopic (exact) mass is 256 g/mol. The maximum atomic E-state index is 12.4. The van der Waals surface area contributed by atoms with Crippen LogP contribution in [-0.4, -0.2) is 18.0 Å². The van der Waals surface area contributed by atoms with Crippen molar-refractivity contribution in [2.45, 2.75) is 13.8 Å². The average Bonchev–Trinajstić information content (AvgIpc) is 2.37. The summed E-state index contributed by atoms with van der Waals surface area (Å²) < 4.78 is 5.00. The van der Waals surface area contributed by atoms with Gasteiger partial charge in [-0.05, 0) is 31.5 Å². The molecule has 0 amide bonds. The van der Waals surface area contributed by atoms with Gasteiger partial charge in [0.25, 0.3) is 0 Å². The van der Waals surface area contributed by atoms with E-state index in [-0.39, 0.29) is 17.1 Å². The van der Waals surface area contributed by atoms with Crippen LogP contribution >= 0.6 is 0 Å². The van der Waals surface area contributed by atoms with Crippen LogP contribution in [-0.2, 0) is 0 Å². The van der Waals surface area contributed by atoms with Crippen molar-refractivity contribution in [1.82, 2.24) is 0 Å². The molecule has 1 N–H and O–H groups in total. The molecule has 3 heteroatoms. The Labute approximate surface area is 112 Å². The van der Waals surface area contributed by atoms with E-state index in [4.69, 9.17) is 4.74 Å². The lowest BCUT2D eigenvalue weighted by Crippen LogP contribution is -2.04. The molecule has 0 radical (unpaired) electrons. The maximum Gasteiger partial charge on any atom is 0.197 e. The smallest absolute Gasteiger partial charge is 0.197 e. The first-order chi connectivity index (χ1) is 9.02. The van der Waals surface area contributed by atoms with E-state index in [1.165, 1.54) is 13.2 Å². The Morgan fingerprint density at radius 3 is 2.32 bits per heavy atom. The van der Waals surface area contributed by atoms with E-state index in [0.717, 1.165) is 11.1 Å². The SMILES string of the molecule is COc1ccc(C(=O)c2ccc(C)cc2C)c(O)c1. The molecule has 0 spiro atoms. The summed E-state index contributed by atoms with van der Waals surface area (Å²) in [4.78, 5) is 12.4. The highest BCUT2D eigenvalue weighted by Crippen LogP contribution is 2.26. The van der Waals surface area contributed by atoms with Gasteiger partial charge in [0, 0.05) is 11.6 Å². The van der Waals surface area contributed by atoms with Gasteiger partial charge in [0.15, 0.2) is 5.78 Å². The van der Waals surface area contributed by atoms with Crippen LogP contribution in [0.2, 0.25) is 0 Å². The molecular weight excluding hydrogens is 240 g/mol. The fraction of sp³-hybridized carbons (Fsp3) is 0.188. The number of phenolic OH excluding ortho intramolecular Hbond substituents is 1. The zero-order chi connectivity index (χ0) is 14.0. The van der Waals surface area contributed by atoms with Crippen molar-refractivity contribution >= 4 is 5.78 Å². The van der Waals surface area contributed by atoms with Crippen LogP contribution in [0.5, 0.6) is 11.5 Å². The minimum atomic E-state index is -0.183. The Hall–Kier alpha value is -2.29. The van der Waals surface area contributed by atoms with Crippen molar-refractivity contribution in [3.63, 3.8) is 0 Å². The summed E-state index contributed by atoms with van der Waals surface area (Å²) in [6.07, 6.45) is 0. The molecule has 0 aliphatic heterocycles. The van der Waals surface area contributed by atoms with Crippen LogP contribution in [0, 0.1) is 13.8 Å². The number of carbonyl (C=O) groups excluding carboxylic acids is 1. The molecule has 0 aliphatic rings. The number of carbonyl (C=O) groups is 1. The van der Waals surface area contributed by atoms with Crippen LogP contribution in [0.25, 0.3) is 0 Å². The predicted octanol–water partition coefficient (Wildman–Crippen LogP) is 3.25. The summed E-state index contributed by atoms with van der Waals surface area (Å²) in [6, 6.07) is 10.3. The van der Waals surface area contributed by atoms with Gasteiger partial charge in [-0.25, -0.2) is 0 Å². The molecule has 0 heterocycles. The number of aromatic hydroxyl groups is 1. The molecule has 0 saturated carbocycles. The molecule has 0 fully saturated rings. The number of hydrogen-bond acceptors (Lipinski definition) is 3. The van der Waals surface area contributed by atoms with Gasteiger partial charge in [0.1, 0.15) is 11.5 Å². The molecule has 0 aliphatic carbocycles. The van der Waals surface area contributed by atoms with E-state index in [1.807, 2.05) is 26.0 Å². The second-order valence-electron chi connectivity index (χ2n) is 4.53. The van der Waals surface area contributed by atoms with Gasteiger partial charge < -0.3 is 9.84 Å². The number of phenols is 1. The fourth-order valence-corrected chi connectivity index (χ4v) is 2.04. The topological polar surface area (TPSA) is 46.5 Å². The van der Waals surface area contributed by atoms with Gasteiger partial charge in [-0.3, -0.25) is 4.79 Å². The van der Waals surface area contributed by atoms with E-state index in [1.54, 1.807) is 18.2 Å². The molecule has 0 bridgehead atoms. The van der Waals surface area contributed by atoms with Gasteiger partial charge in [0.2, 0.25) is 0 Å². The lowest BCUT2D eigenvalue weighted by Gasteiger charge is -2.09. The number of ketones is 1. The third-order valence-electron chi connectivity index (χ3n) is 3.08. The second-order valence-corrected chi connectivity index (χ2v) is 4.53. The number of ether oxygens (including phenoxy) is 1. The van der Waals surface area contributed by atoms with Crippen molar-refractivity contribution in [3.05, 3.63) is 58.7 Å². The van der Waals surface area contributed by atoms with Crippen LogP contribution in [0.3, 0.4) is 0 Å². The van der Waals surface area contributed by atoms with Gasteiger partial charge in [0.05, 0.1) is 12.7 Å². The summed E-state index contributed by atoms with van der Waals surface area (Å²) in [5, 5.41) is 9.90. The van der Waals surface area contributed by atoms with Crippen LogP contribution in [0.4, 0.5) is 0 Å². The van der Waals surface area contributed by atoms with Crippen molar-refractivity contribution in [3.8, 4) is 11.5 Å². The lowest BCUT2D eigenvalue weighted by molar-refractivity contribution is 0.103. The molecule has 3 nitrogen and oxygen atoms in total. The molecule has 0 atom stereocenters. The van der Waals surface area contributed by atoms with E-state index < -0.39 is 0 Å². The van der Waals surface area contributed by atoms with Gasteiger partial charge in [-0.15, -0.1) is 0 Å². The summed E-state index contributed by atoms with van der Waals surface area (Å²) in [6.45, 7) is 3.87. The molecule has 0 saturated heterocycles. The average molecular weight is 256 g/mol. The Morgan fingerprint density at radius 1 is 1.05 bits per heavy atom. The zero-order valence-electron chi connectivity index (χ0n) is 11.2. The minimum absolute atomic E-state index is 0.0654. The molecule has 2 aromatic carbocycles. The van der Waals surface area contributed by atoms with E-state index in [2.05, 4.69) is 0 Å². The van der Waals surface area contributed by atoms with Gasteiger partial charge in [-0.1, -0.05) is 23.8 Å². The summed E-state index contributed by atoms with van der Waals surface area (Å²) in [7, 11) is 1.51. The lowest BCUT2D eigenvalue weighted by atomic mass is 9.97. The maximum absolute atomic E-state index is 12.4. The Bertz CT molecular complexity index is 630. The van der Waals surface area contributed by atoms with Crippen molar-refractivity contribution < 1.29 is 14.6 Å². The number of rotatable bonds is 3. The minimum Gasteiger partial charge on any atom is -0.507 e. The first-order valence-electron chi connectivity index (χ1n) is 6.02. The van der Waals surface area contributed by atoms with Gasteiger partial charge >= 0.3 is 0 Å². The molecule has 2 aromatic rings. The molecule has 98 valence electrons. The van der Waals surface area contributed by atoms with Crippen molar-refractivity contribution in [2.24, 2.45) is 0 Å². The standard InChI is InChI=1S/C16H16O3/c1-10-4-6-13(11(2)8-10)16(18)14-7-5-12(19-3)9-15(14)17/h4-9,17H,1-3H3. The Morgan fingerprint density at radius 2 is 1.74 bits per heavy atom. The first kappa shape index (κ1) is 13.1. The largest absolute Gasteiger partial charge is 0.507 e. The number of methoxy groups -OCH3 is 1. The van der Waals surface area contributed by atoms with Crippen molar-refractivity contribution in [1.29, 1.82) is 0 Å². The van der Waals surface area contributed by atoms with Crippen LogP contribution in [0.1, 0.15) is 27.0 Å². The number of hydrogen-bond donors (Lipinski definition) is 1. The second kappa shape index (κ2) is 5.14. The van der Waals surface area contributed by atoms with E-state index in [9.17, 15) is 9.90 Å². The Balaban J connectivity index is 2.44. The molecule has 19 heavy (non-hydrogen) atoms. The van der Waals surface area contributed by atoms with Crippen LogP contribution < -0.4 is 4.74 Å². The highest BCUT2D eigenvalue weighted by molar-refractivity contribution is 6.11. The van der Waals surface area contributed by atoms with Crippen molar-refractivity contribution in [2.75, 3.05) is 7.11 Å². The highest BCUT2D eigenvalue weighted by Gasteiger charge is 2.16. The molecule has 0 unspecified atom stereocenters. The highest BCUT2D eigenvalue weighted by atomic mass is 16.5. The van der Waals surface area contributed by atoms with E-state index in [0.29, 0.717) is 11.3 Å². The number of aryl methyl sites for hydroxylation is 2. The third kappa shape index (κ3) is 2.60. The summed E-state index contributed by atoms with van der Waals surface area (Å²) in [5.74, 6) is 0.275. The number of benzene rings is 2.